The maximum absolute atomic E-state index is 9.33. The number of hydrogen-bond donors (Lipinski definition) is 0. The first-order valence-electron chi connectivity index (χ1n) is 29.1. The van der Waals surface area contributed by atoms with Gasteiger partial charge in [-0.3, -0.25) is 9.13 Å². The zero-order valence-electron chi connectivity index (χ0n) is 52.6. The smallest absolute Gasteiger partial charge is 0.273 e. The molecule has 0 radical (unpaired) electrons. The van der Waals surface area contributed by atoms with Crippen molar-refractivity contribution in [3.05, 3.63) is 204 Å². The van der Waals surface area contributed by atoms with Crippen LogP contribution in [0.1, 0.15) is 119 Å². The van der Waals surface area contributed by atoms with Crippen LogP contribution >= 0.6 is 0 Å². The molecule has 3 aromatic heterocycles. The molecule has 0 bridgehead atoms. The van der Waals surface area contributed by atoms with Gasteiger partial charge >= 0.3 is 0 Å². The van der Waals surface area contributed by atoms with Crippen molar-refractivity contribution in [1.29, 1.82) is 0 Å². The highest BCUT2D eigenvalue weighted by atomic mass is 16.5. The van der Waals surface area contributed by atoms with Gasteiger partial charge in [0.05, 0.1) is 36.1 Å². The molecule has 0 spiro atoms. The van der Waals surface area contributed by atoms with E-state index in [0.717, 1.165) is 49.9 Å². The normalized spacial score (nSPS) is 14.5. The molecule has 0 N–H and O–H groups in total. The molecule has 6 nitrogen and oxygen atoms in total. The third kappa shape index (κ3) is 9.32. The van der Waals surface area contributed by atoms with Gasteiger partial charge in [0.25, 0.3) is 6.33 Å². The second-order valence-corrected chi connectivity index (χ2v) is 22.4. The minimum atomic E-state index is -0.586. The van der Waals surface area contributed by atoms with Crippen LogP contribution in [0.3, 0.4) is 0 Å². The fourth-order valence-corrected chi connectivity index (χ4v) is 8.95. The lowest BCUT2D eigenvalue weighted by molar-refractivity contribution is -0.660. The van der Waals surface area contributed by atoms with Crippen LogP contribution in [0.5, 0.6) is 11.5 Å². The number of para-hydroxylation sites is 1. The zero-order chi connectivity index (χ0) is 58.7. The summed E-state index contributed by atoms with van der Waals surface area (Å²) in [6.07, 6.45) is 5.41. The molecule has 0 amide bonds. The average Bonchev–Trinajstić information content (AvgIpc) is 4.26. The lowest BCUT2D eigenvalue weighted by Gasteiger charge is -2.26. The van der Waals surface area contributed by atoms with E-state index in [9.17, 15) is 5.48 Å². The van der Waals surface area contributed by atoms with E-state index in [0.29, 0.717) is 22.9 Å². The van der Waals surface area contributed by atoms with E-state index in [4.69, 9.17) is 23.0 Å². The minimum absolute atomic E-state index is 0.109. The summed E-state index contributed by atoms with van der Waals surface area (Å²) in [6, 6.07) is 29.9. The van der Waals surface area contributed by atoms with E-state index in [1.54, 1.807) is 27.4 Å². The summed E-state index contributed by atoms with van der Waals surface area (Å²) >= 11 is 0. The van der Waals surface area contributed by atoms with Crippen LogP contribution in [0, 0.1) is 6.33 Å². The molecule has 356 valence electrons. The monoisotopic (exact) mass is 942 g/mol. The van der Waals surface area contributed by atoms with Gasteiger partial charge in [0, 0.05) is 28.6 Å². The average molecular weight is 942 g/mol. The Bertz CT molecular complexity index is 4030. The molecular weight excluding hydrogens is 867 g/mol. The fourth-order valence-electron chi connectivity index (χ4n) is 8.95. The molecule has 0 saturated heterocycles. The SMILES string of the molecule is [2H]c1c([2H])c([2H])c(-c2cccc(-c3c([2H])c([2H])c([2H])c([2H])c3[2H])c2-c2n[n+](-c3cc(C(C)(C)C)cc(C(C)(C)C)c3)[c-]n2-c2cc(Oc3ccc4c5ccccc5n(-c5cc(C(C)(C)C)ccn5)c4c3)cc(C(C)(C)C)c2)c([2H])c1[2H]. The number of rotatable bonds is 8. The number of pyridine rings is 1. The second kappa shape index (κ2) is 17.7. The molecule has 0 unspecified atom stereocenters. The molecule has 71 heavy (non-hydrogen) atoms. The van der Waals surface area contributed by atoms with Gasteiger partial charge in [-0.05, 0) is 109 Å². The lowest BCUT2D eigenvalue weighted by atomic mass is 9.80. The number of benzene rings is 7. The van der Waals surface area contributed by atoms with Gasteiger partial charge in [0.15, 0.2) is 5.82 Å². The third-order valence-corrected chi connectivity index (χ3v) is 13.1. The van der Waals surface area contributed by atoms with Crippen molar-refractivity contribution < 1.29 is 23.1 Å². The Morgan fingerprint density at radius 1 is 0.521 bits per heavy atom. The number of aromatic nitrogens is 5. The summed E-state index contributed by atoms with van der Waals surface area (Å²) in [7, 11) is 0. The summed E-state index contributed by atoms with van der Waals surface area (Å²) in [6.45, 7) is 25.6. The quantitative estimate of drug-likeness (QED) is 0.113. The first-order valence-corrected chi connectivity index (χ1v) is 24.1. The van der Waals surface area contributed by atoms with Crippen molar-refractivity contribution >= 4 is 21.8 Å². The molecule has 10 rings (SSSR count). The molecule has 10 aromatic rings. The van der Waals surface area contributed by atoms with E-state index in [2.05, 4.69) is 136 Å². The van der Waals surface area contributed by atoms with E-state index in [-0.39, 0.29) is 49.9 Å². The second-order valence-electron chi connectivity index (χ2n) is 22.4. The van der Waals surface area contributed by atoms with E-state index in [1.165, 1.54) is 0 Å². The van der Waals surface area contributed by atoms with Crippen LogP contribution in [0.2, 0.25) is 0 Å². The Kier molecular flexibility index (Phi) is 9.06. The number of ether oxygens (including phenoxy) is 1. The van der Waals surface area contributed by atoms with Crippen LogP contribution in [0.25, 0.3) is 72.6 Å². The molecular formula is C65H65N5O. The predicted molar refractivity (Wildman–Crippen MR) is 294 cm³/mol. The summed E-state index contributed by atoms with van der Waals surface area (Å²) in [5, 5.41) is 7.46. The van der Waals surface area contributed by atoms with E-state index >= 15 is 0 Å². The van der Waals surface area contributed by atoms with E-state index in [1.807, 2.05) is 54.7 Å². The van der Waals surface area contributed by atoms with E-state index < -0.39 is 65.8 Å². The molecule has 3 heterocycles. The number of fused-ring (bicyclic) bond motifs is 3. The first-order chi connectivity index (χ1) is 37.8. The molecule has 0 fully saturated rings. The van der Waals surface area contributed by atoms with Crippen molar-refractivity contribution in [1.82, 2.24) is 19.2 Å². The number of hydrogen-bond acceptors (Lipinski definition) is 3. The third-order valence-electron chi connectivity index (χ3n) is 13.1. The van der Waals surface area contributed by atoms with Crippen molar-refractivity contribution in [2.45, 2.75) is 105 Å². The molecule has 0 aliphatic rings. The van der Waals surface area contributed by atoms with Crippen LogP contribution in [-0.2, 0) is 21.7 Å². The van der Waals surface area contributed by atoms with Gasteiger partial charge < -0.3 is 4.74 Å². The minimum Gasteiger partial charge on any atom is -0.458 e. The molecule has 6 heteroatoms. The maximum Gasteiger partial charge on any atom is 0.273 e. The molecule has 7 aromatic carbocycles. The van der Waals surface area contributed by atoms with Crippen LogP contribution in [0.4, 0.5) is 0 Å². The van der Waals surface area contributed by atoms with Gasteiger partial charge in [-0.15, -0.1) is 5.10 Å². The maximum atomic E-state index is 9.33. The largest absolute Gasteiger partial charge is 0.458 e. The summed E-state index contributed by atoms with van der Waals surface area (Å²) in [4.78, 5) is 4.89. The molecule has 0 saturated carbocycles. The van der Waals surface area contributed by atoms with Crippen LogP contribution in [-0.4, -0.2) is 19.2 Å². The summed E-state index contributed by atoms with van der Waals surface area (Å²) in [5.74, 6) is 1.89. The Morgan fingerprint density at radius 2 is 1.10 bits per heavy atom. The highest BCUT2D eigenvalue weighted by molar-refractivity contribution is 6.09. The fraction of sp³-hybridized carbons (Fsp3) is 0.246. The Balaban J connectivity index is 1.29. The van der Waals surface area contributed by atoms with Crippen molar-refractivity contribution in [3.63, 3.8) is 0 Å². The Hall–Kier alpha value is -7.57. The zero-order valence-corrected chi connectivity index (χ0v) is 42.6. The predicted octanol–water partition coefficient (Wildman–Crippen LogP) is 16.4. The number of nitrogens with zero attached hydrogens (tertiary/aromatic N) is 5. The highest BCUT2D eigenvalue weighted by Crippen LogP contribution is 2.42. The topological polar surface area (TPSA) is 48.8 Å². The first kappa shape index (κ1) is 36.4. The Morgan fingerprint density at radius 3 is 1.70 bits per heavy atom. The van der Waals surface area contributed by atoms with Crippen LogP contribution in [0.15, 0.2) is 176 Å². The molecule has 0 aliphatic carbocycles. The lowest BCUT2D eigenvalue weighted by Crippen LogP contribution is -2.34. The highest BCUT2D eigenvalue weighted by Gasteiger charge is 2.27. The summed E-state index contributed by atoms with van der Waals surface area (Å²) < 4.78 is 102. The van der Waals surface area contributed by atoms with Crippen molar-refractivity contribution in [3.8, 4) is 62.3 Å². The Labute approximate surface area is 434 Å². The summed E-state index contributed by atoms with van der Waals surface area (Å²) in [5.41, 5.74) is 5.89. The van der Waals surface area contributed by atoms with Crippen molar-refractivity contribution in [2.75, 3.05) is 0 Å². The van der Waals surface area contributed by atoms with Gasteiger partial charge in [0.1, 0.15) is 17.3 Å². The molecule has 0 aliphatic heterocycles. The van der Waals surface area contributed by atoms with Gasteiger partial charge in [0.2, 0.25) is 0 Å². The van der Waals surface area contributed by atoms with Gasteiger partial charge in [-0.2, -0.15) is 4.68 Å². The van der Waals surface area contributed by atoms with Gasteiger partial charge in [-0.25, -0.2) is 4.98 Å². The standard InChI is InChI=1S/C65H65N5O/c1-62(2,3)45-32-33-66-59(39-45)70-57-29-20-19-26-55(57)56-31-30-51(41-58(56)70)71-52-38-48(65(10,11)12)35-49(40-52)68-42-69(50-36-46(63(4,5)6)34-47(37-50)64(7,8)9)67-61(68)60-53(43-22-15-13-16-23-43)27-21-28-54(60)44-24-17-14-18-25-44/h13-41H,1-12H3/i13D,14D,15D,16D,17D,18D,22D,23D,24D,25D. The molecule has 0 atom stereocenters. The van der Waals surface area contributed by atoms with Crippen molar-refractivity contribution in [2.24, 2.45) is 0 Å². The van der Waals surface area contributed by atoms with Crippen LogP contribution < -0.4 is 9.42 Å². The van der Waals surface area contributed by atoms with Gasteiger partial charge in [-0.1, -0.05) is 204 Å².